The van der Waals surface area contributed by atoms with Gasteiger partial charge in [0.1, 0.15) is 17.5 Å². The summed E-state index contributed by atoms with van der Waals surface area (Å²) in [6.45, 7) is 7.47. The van der Waals surface area contributed by atoms with E-state index in [2.05, 4.69) is 32.1 Å². The van der Waals surface area contributed by atoms with Gasteiger partial charge >= 0.3 is 0 Å². The van der Waals surface area contributed by atoms with E-state index in [9.17, 15) is 4.79 Å². The molecule has 1 saturated heterocycles. The molecule has 1 aromatic carbocycles. The quantitative estimate of drug-likeness (QED) is 0.872. The number of benzene rings is 1. The van der Waals surface area contributed by atoms with E-state index in [4.69, 9.17) is 0 Å². The number of aromatic nitrogens is 2. The first-order chi connectivity index (χ1) is 11.5. The van der Waals surface area contributed by atoms with Gasteiger partial charge in [0.2, 0.25) is 0 Å². The van der Waals surface area contributed by atoms with E-state index in [1.54, 1.807) is 6.92 Å². The minimum atomic E-state index is 0.0515. The maximum Gasteiger partial charge on any atom is 0.159 e. The van der Waals surface area contributed by atoms with Crippen molar-refractivity contribution in [2.75, 3.05) is 43.4 Å². The summed E-state index contributed by atoms with van der Waals surface area (Å²) >= 11 is 0. The number of carbonyl (C=O) groups is 1. The number of nitrogens with one attached hydrogen (secondary N) is 1. The second kappa shape index (κ2) is 6.97. The van der Waals surface area contributed by atoms with Gasteiger partial charge in [0.25, 0.3) is 0 Å². The molecule has 1 fully saturated rings. The number of likely N-dealkylation sites (N-methyl/N-ethyl adjacent to an activating group) is 1. The van der Waals surface area contributed by atoms with E-state index >= 15 is 0 Å². The molecule has 1 aliphatic rings. The molecule has 1 N–H and O–H groups in total. The van der Waals surface area contributed by atoms with E-state index in [0.29, 0.717) is 5.56 Å². The van der Waals surface area contributed by atoms with Crippen molar-refractivity contribution in [3.8, 4) is 0 Å². The number of nitrogens with zero attached hydrogens (tertiary/aromatic N) is 4. The van der Waals surface area contributed by atoms with Gasteiger partial charge in [-0.25, -0.2) is 9.97 Å². The van der Waals surface area contributed by atoms with Crippen LogP contribution in [0.2, 0.25) is 0 Å². The van der Waals surface area contributed by atoms with Crippen molar-refractivity contribution in [3.63, 3.8) is 0 Å². The Balaban J connectivity index is 1.81. The van der Waals surface area contributed by atoms with Crippen molar-refractivity contribution in [2.45, 2.75) is 13.8 Å². The van der Waals surface area contributed by atoms with Gasteiger partial charge in [0.15, 0.2) is 5.78 Å². The zero-order valence-electron chi connectivity index (χ0n) is 14.4. The molecule has 24 heavy (non-hydrogen) atoms. The van der Waals surface area contributed by atoms with Crippen LogP contribution in [0.3, 0.4) is 0 Å². The van der Waals surface area contributed by atoms with Gasteiger partial charge in [-0.05, 0) is 33.0 Å². The number of anilines is 3. The summed E-state index contributed by atoms with van der Waals surface area (Å²) in [5, 5.41) is 3.29. The molecule has 3 rings (SSSR count). The Morgan fingerprint density at radius 2 is 1.88 bits per heavy atom. The highest BCUT2D eigenvalue weighted by Gasteiger charge is 2.16. The van der Waals surface area contributed by atoms with Crippen LogP contribution in [0.1, 0.15) is 23.1 Å². The first kappa shape index (κ1) is 16.4. The number of rotatable bonds is 4. The molecular weight excluding hydrogens is 302 g/mol. The van der Waals surface area contributed by atoms with Crippen LogP contribution >= 0.6 is 0 Å². The highest BCUT2D eigenvalue weighted by molar-refractivity contribution is 5.95. The number of carbonyl (C=O) groups excluding carboxylic acids is 1. The van der Waals surface area contributed by atoms with Gasteiger partial charge in [0.05, 0.1) is 0 Å². The zero-order chi connectivity index (χ0) is 17.1. The third-order valence-corrected chi connectivity index (χ3v) is 4.19. The molecule has 126 valence electrons. The van der Waals surface area contributed by atoms with Crippen molar-refractivity contribution < 1.29 is 4.79 Å². The standard InChI is InChI=1S/C18H23N5O/c1-13(24)15-5-4-6-16(11-15)21-17-12-18(20-14(2)19-17)23-9-7-22(3)8-10-23/h4-6,11-12H,7-10H2,1-3H3,(H,19,20,21). The van der Waals surface area contributed by atoms with Gasteiger partial charge in [-0.2, -0.15) is 0 Å². The summed E-state index contributed by atoms with van der Waals surface area (Å²) in [4.78, 5) is 25.2. The lowest BCUT2D eigenvalue weighted by molar-refractivity contribution is 0.101. The number of piperazine rings is 1. The fourth-order valence-electron chi connectivity index (χ4n) is 2.78. The minimum Gasteiger partial charge on any atom is -0.354 e. The van der Waals surface area contributed by atoms with Crippen molar-refractivity contribution in [1.29, 1.82) is 0 Å². The van der Waals surface area contributed by atoms with E-state index in [1.165, 1.54) is 0 Å². The van der Waals surface area contributed by atoms with E-state index in [-0.39, 0.29) is 5.78 Å². The van der Waals surface area contributed by atoms with Gasteiger partial charge in [-0.3, -0.25) is 4.79 Å². The molecule has 0 amide bonds. The summed E-state index contributed by atoms with van der Waals surface area (Å²) in [7, 11) is 2.14. The second-order valence-electron chi connectivity index (χ2n) is 6.21. The smallest absolute Gasteiger partial charge is 0.159 e. The Bertz CT molecular complexity index is 738. The zero-order valence-corrected chi connectivity index (χ0v) is 14.4. The minimum absolute atomic E-state index is 0.0515. The topological polar surface area (TPSA) is 61.4 Å². The SMILES string of the molecule is CC(=O)c1cccc(Nc2cc(N3CCN(C)CC3)nc(C)n2)c1. The fraction of sp³-hybridized carbons (Fsp3) is 0.389. The van der Waals surface area contributed by atoms with Crippen LogP contribution in [0.15, 0.2) is 30.3 Å². The molecule has 1 aromatic heterocycles. The molecule has 0 spiro atoms. The third kappa shape index (κ3) is 3.89. The Morgan fingerprint density at radius 1 is 1.12 bits per heavy atom. The van der Waals surface area contributed by atoms with Crippen LogP contribution in [0, 0.1) is 6.92 Å². The van der Waals surface area contributed by atoms with Crippen LogP contribution in [-0.4, -0.2) is 53.9 Å². The Morgan fingerprint density at radius 3 is 2.58 bits per heavy atom. The van der Waals surface area contributed by atoms with Crippen molar-refractivity contribution in [2.24, 2.45) is 0 Å². The molecular formula is C18H23N5O. The Kier molecular flexibility index (Phi) is 4.76. The normalized spacial score (nSPS) is 15.4. The monoisotopic (exact) mass is 325 g/mol. The Labute approximate surface area is 142 Å². The molecule has 1 aliphatic heterocycles. The molecule has 2 heterocycles. The van der Waals surface area contributed by atoms with Crippen LogP contribution in [0.4, 0.5) is 17.3 Å². The van der Waals surface area contributed by atoms with E-state index < -0.39 is 0 Å². The van der Waals surface area contributed by atoms with Crippen LogP contribution < -0.4 is 10.2 Å². The van der Waals surface area contributed by atoms with Crippen molar-refractivity contribution in [3.05, 3.63) is 41.7 Å². The molecule has 0 atom stereocenters. The fourth-order valence-corrected chi connectivity index (χ4v) is 2.78. The highest BCUT2D eigenvalue weighted by Crippen LogP contribution is 2.21. The average molecular weight is 325 g/mol. The lowest BCUT2D eigenvalue weighted by atomic mass is 10.1. The van der Waals surface area contributed by atoms with Crippen LogP contribution in [-0.2, 0) is 0 Å². The number of aryl methyl sites for hydroxylation is 1. The largest absolute Gasteiger partial charge is 0.354 e. The van der Waals surface area contributed by atoms with E-state index in [0.717, 1.165) is 49.3 Å². The van der Waals surface area contributed by atoms with Crippen molar-refractivity contribution in [1.82, 2.24) is 14.9 Å². The van der Waals surface area contributed by atoms with Gasteiger partial charge in [0, 0.05) is 43.5 Å². The van der Waals surface area contributed by atoms with E-state index in [1.807, 2.05) is 37.3 Å². The summed E-state index contributed by atoms with van der Waals surface area (Å²) in [6, 6.07) is 9.43. The summed E-state index contributed by atoms with van der Waals surface area (Å²) < 4.78 is 0. The predicted molar refractivity (Wildman–Crippen MR) is 96.2 cm³/mol. The van der Waals surface area contributed by atoms with Crippen LogP contribution in [0.5, 0.6) is 0 Å². The average Bonchev–Trinajstić information content (AvgIpc) is 2.55. The second-order valence-corrected chi connectivity index (χ2v) is 6.21. The molecule has 0 saturated carbocycles. The Hall–Kier alpha value is -2.47. The van der Waals surface area contributed by atoms with Gasteiger partial charge in [-0.1, -0.05) is 12.1 Å². The molecule has 0 aliphatic carbocycles. The molecule has 0 bridgehead atoms. The predicted octanol–water partition coefficient (Wildman–Crippen LogP) is 2.48. The summed E-state index contributed by atoms with van der Waals surface area (Å²) in [5.74, 6) is 2.48. The van der Waals surface area contributed by atoms with Crippen molar-refractivity contribution >= 4 is 23.1 Å². The number of Topliss-reactive ketones (excluding diaryl/α,β-unsaturated/α-hetero) is 1. The molecule has 6 nitrogen and oxygen atoms in total. The maximum atomic E-state index is 11.5. The number of ketones is 1. The third-order valence-electron chi connectivity index (χ3n) is 4.19. The lowest BCUT2D eigenvalue weighted by Gasteiger charge is -2.33. The highest BCUT2D eigenvalue weighted by atomic mass is 16.1. The molecule has 6 heteroatoms. The van der Waals surface area contributed by atoms with Crippen LogP contribution in [0.25, 0.3) is 0 Å². The summed E-state index contributed by atoms with van der Waals surface area (Å²) in [5.41, 5.74) is 1.54. The first-order valence-corrected chi connectivity index (χ1v) is 8.18. The lowest BCUT2D eigenvalue weighted by Crippen LogP contribution is -2.44. The number of hydrogen-bond acceptors (Lipinski definition) is 6. The number of hydrogen-bond donors (Lipinski definition) is 1. The molecule has 0 radical (unpaired) electrons. The van der Waals surface area contributed by atoms with Gasteiger partial charge < -0.3 is 15.1 Å². The maximum absolute atomic E-state index is 11.5. The molecule has 2 aromatic rings. The first-order valence-electron chi connectivity index (χ1n) is 8.18. The molecule has 0 unspecified atom stereocenters. The summed E-state index contributed by atoms with van der Waals surface area (Å²) in [6.07, 6.45) is 0. The van der Waals surface area contributed by atoms with Gasteiger partial charge in [-0.15, -0.1) is 0 Å².